The summed E-state index contributed by atoms with van der Waals surface area (Å²) in [4.78, 5) is 27.2. The van der Waals surface area contributed by atoms with Crippen molar-refractivity contribution < 1.29 is 24.2 Å². The maximum atomic E-state index is 12.9. The highest BCUT2D eigenvalue weighted by molar-refractivity contribution is 6.46. The van der Waals surface area contributed by atoms with Gasteiger partial charge in [0.15, 0.2) is 0 Å². The molecule has 156 valence electrons. The van der Waals surface area contributed by atoms with Crippen LogP contribution in [0.25, 0.3) is 5.76 Å². The quantitative estimate of drug-likeness (QED) is 0.225. The first-order chi connectivity index (χ1) is 14.6. The maximum Gasteiger partial charge on any atom is 0.295 e. The van der Waals surface area contributed by atoms with E-state index >= 15 is 0 Å². The second-order valence-electron chi connectivity index (χ2n) is 6.87. The molecule has 6 heteroatoms. The molecule has 1 heterocycles. The third-order valence-electron chi connectivity index (χ3n) is 4.90. The summed E-state index contributed by atoms with van der Waals surface area (Å²) in [7, 11) is 1.59. The average molecular weight is 407 g/mol. The van der Waals surface area contributed by atoms with Crippen molar-refractivity contribution in [2.75, 3.05) is 26.9 Å². The number of methoxy groups -OCH3 is 1. The zero-order chi connectivity index (χ0) is 21.5. The van der Waals surface area contributed by atoms with Gasteiger partial charge in [0.2, 0.25) is 0 Å². The van der Waals surface area contributed by atoms with Gasteiger partial charge in [0.25, 0.3) is 11.7 Å². The van der Waals surface area contributed by atoms with Crippen LogP contribution >= 0.6 is 0 Å². The Morgan fingerprint density at radius 2 is 1.83 bits per heavy atom. The summed E-state index contributed by atoms with van der Waals surface area (Å²) < 4.78 is 10.6. The molecule has 1 amide bonds. The molecule has 0 bridgehead atoms. The number of ether oxygens (including phenoxy) is 2. The molecular formula is C24H25NO5. The lowest BCUT2D eigenvalue weighted by molar-refractivity contribution is -0.140. The minimum absolute atomic E-state index is 0.0865. The Bertz CT molecular complexity index is 934. The maximum absolute atomic E-state index is 12.9. The standard InChI is InChI=1S/C24H25NO5/c1-3-15-30-19-12-10-17(11-13-19)21-20(22(26)18-8-5-4-6-9-18)23(27)24(28)25(21)14-7-16-29-2/h3-6,8-13,21,26H,1,7,14-16H2,2H3. The number of aliphatic hydroxyl groups is 1. The number of benzene rings is 2. The van der Waals surface area contributed by atoms with Gasteiger partial charge in [-0.1, -0.05) is 55.1 Å². The van der Waals surface area contributed by atoms with E-state index in [9.17, 15) is 14.7 Å². The van der Waals surface area contributed by atoms with E-state index in [2.05, 4.69) is 6.58 Å². The van der Waals surface area contributed by atoms with Crippen molar-refractivity contribution in [1.82, 2.24) is 4.90 Å². The molecule has 0 aromatic heterocycles. The number of amides is 1. The lowest BCUT2D eigenvalue weighted by atomic mass is 9.95. The van der Waals surface area contributed by atoms with Crippen LogP contribution in [0, 0.1) is 0 Å². The van der Waals surface area contributed by atoms with Gasteiger partial charge in [-0.25, -0.2) is 0 Å². The molecule has 2 aromatic carbocycles. The van der Waals surface area contributed by atoms with Gasteiger partial charge in [-0.3, -0.25) is 9.59 Å². The van der Waals surface area contributed by atoms with E-state index in [1.807, 2.05) is 6.07 Å². The predicted octanol–water partition coefficient (Wildman–Crippen LogP) is 3.71. The second-order valence-corrected chi connectivity index (χ2v) is 6.87. The average Bonchev–Trinajstić information content (AvgIpc) is 3.03. The van der Waals surface area contributed by atoms with Crippen LogP contribution in [-0.4, -0.2) is 48.6 Å². The van der Waals surface area contributed by atoms with Crippen molar-refractivity contribution in [3.63, 3.8) is 0 Å². The highest BCUT2D eigenvalue weighted by atomic mass is 16.5. The number of carbonyl (C=O) groups is 2. The normalized spacial score (nSPS) is 17.9. The first-order valence-corrected chi connectivity index (χ1v) is 9.75. The summed E-state index contributed by atoms with van der Waals surface area (Å²) in [5, 5.41) is 10.9. The smallest absolute Gasteiger partial charge is 0.295 e. The summed E-state index contributed by atoms with van der Waals surface area (Å²) in [6.07, 6.45) is 2.23. The van der Waals surface area contributed by atoms with Crippen molar-refractivity contribution in [1.29, 1.82) is 0 Å². The van der Waals surface area contributed by atoms with Gasteiger partial charge in [0, 0.05) is 25.8 Å². The van der Waals surface area contributed by atoms with Crippen LogP contribution in [0.15, 0.2) is 72.8 Å². The van der Waals surface area contributed by atoms with Crippen molar-refractivity contribution in [3.05, 3.63) is 84.0 Å². The highest BCUT2D eigenvalue weighted by Crippen LogP contribution is 2.39. The fourth-order valence-corrected chi connectivity index (χ4v) is 3.49. The molecule has 1 unspecified atom stereocenters. The SMILES string of the molecule is C=CCOc1ccc(C2C(=C(O)c3ccccc3)C(=O)C(=O)N2CCCOC)cc1. The van der Waals surface area contributed by atoms with E-state index < -0.39 is 17.7 Å². The summed E-state index contributed by atoms with van der Waals surface area (Å²) >= 11 is 0. The van der Waals surface area contributed by atoms with Crippen molar-refractivity contribution in [2.45, 2.75) is 12.5 Å². The van der Waals surface area contributed by atoms with Crippen LogP contribution in [0.1, 0.15) is 23.6 Å². The number of rotatable bonds is 9. The third-order valence-corrected chi connectivity index (χ3v) is 4.90. The van der Waals surface area contributed by atoms with Crippen LogP contribution in [0.5, 0.6) is 5.75 Å². The number of ketones is 1. The van der Waals surface area contributed by atoms with Crippen molar-refractivity contribution in [2.24, 2.45) is 0 Å². The Hall–Kier alpha value is -3.38. The molecule has 6 nitrogen and oxygen atoms in total. The summed E-state index contributed by atoms with van der Waals surface area (Å²) in [5.74, 6) is -0.843. The monoisotopic (exact) mass is 407 g/mol. The molecule has 1 saturated heterocycles. The van der Waals surface area contributed by atoms with Crippen molar-refractivity contribution in [3.8, 4) is 5.75 Å². The first-order valence-electron chi connectivity index (χ1n) is 9.75. The molecule has 2 aromatic rings. The van der Waals surface area contributed by atoms with E-state index in [0.29, 0.717) is 37.5 Å². The van der Waals surface area contributed by atoms with E-state index in [1.165, 1.54) is 4.90 Å². The van der Waals surface area contributed by atoms with Crippen LogP contribution in [0.2, 0.25) is 0 Å². The molecule has 1 aliphatic rings. The van der Waals surface area contributed by atoms with E-state index in [1.54, 1.807) is 61.7 Å². The predicted molar refractivity (Wildman–Crippen MR) is 114 cm³/mol. The van der Waals surface area contributed by atoms with Gasteiger partial charge in [-0.05, 0) is 24.1 Å². The Labute approximate surface area is 176 Å². The van der Waals surface area contributed by atoms with Gasteiger partial charge in [-0.2, -0.15) is 0 Å². The van der Waals surface area contributed by atoms with Gasteiger partial charge in [0.05, 0.1) is 11.6 Å². The molecule has 0 radical (unpaired) electrons. The first kappa shape index (κ1) is 21.3. The Morgan fingerprint density at radius 3 is 2.47 bits per heavy atom. The molecule has 3 rings (SSSR count). The summed E-state index contributed by atoms with van der Waals surface area (Å²) in [5.41, 5.74) is 1.29. The zero-order valence-corrected chi connectivity index (χ0v) is 16.9. The fraction of sp³-hybridized carbons (Fsp3) is 0.250. The molecule has 30 heavy (non-hydrogen) atoms. The van der Waals surface area contributed by atoms with Crippen LogP contribution in [0.3, 0.4) is 0 Å². The molecular weight excluding hydrogens is 382 g/mol. The zero-order valence-electron chi connectivity index (χ0n) is 16.9. The molecule has 0 spiro atoms. The van der Waals surface area contributed by atoms with Crippen LogP contribution in [0.4, 0.5) is 0 Å². The van der Waals surface area contributed by atoms with Gasteiger partial charge in [-0.15, -0.1) is 0 Å². The second kappa shape index (κ2) is 9.89. The van der Waals surface area contributed by atoms with Crippen LogP contribution < -0.4 is 4.74 Å². The minimum Gasteiger partial charge on any atom is -0.507 e. The Kier molecular flexibility index (Phi) is 7.03. The molecule has 1 aliphatic heterocycles. The lowest BCUT2D eigenvalue weighted by Gasteiger charge is -2.25. The van der Waals surface area contributed by atoms with E-state index in [0.717, 1.165) is 5.56 Å². The number of hydrogen-bond acceptors (Lipinski definition) is 5. The van der Waals surface area contributed by atoms with E-state index in [-0.39, 0.29) is 11.3 Å². The van der Waals surface area contributed by atoms with Gasteiger partial charge in [0.1, 0.15) is 18.1 Å². The molecule has 0 saturated carbocycles. The number of hydrogen-bond donors (Lipinski definition) is 1. The summed E-state index contributed by atoms with van der Waals surface area (Å²) in [6, 6.07) is 15.2. The molecule has 1 atom stereocenters. The van der Waals surface area contributed by atoms with Gasteiger partial charge >= 0.3 is 0 Å². The Morgan fingerprint density at radius 1 is 1.13 bits per heavy atom. The largest absolute Gasteiger partial charge is 0.507 e. The molecule has 1 N–H and O–H groups in total. The number of Topliss-reactive ketones (excluding diaryl/α,β-unsaturated/α-hetero) is 1. The number of carbonyl (C=O) groups excluding carboxylic acids is 2. The number of likely N-dealkylation sites (tertiary alicyclic amines) is 1. The topological polar surface area (TPSA) is 76.1 Å². The number of aliphatic hydroxyl groups excluding tert-OH is 1. The minimum atomic E-state index is -0.689. The molecule has 1 fully saturated rings. The highest BCUT2D eigenvalue weighted by Gasteiger charge is 2.45. The third kappa shape index (κ3) is 4.44. The molecule has 0 aliphatic carbocycles. The Balaban J connectivity index is 2.04. The lowest BCUT2D eigenvalue weighted by Crippen LogP contribution is -2.31. The van der Waals surface area contributed by atoms with Crippen molar-refractivity contribution >= 4 is 17.4 Å². The fourth-order valence-electron chi connectivity index (χ4n) is 3.49. The van der Waals surface area contributed by atoms with Crippen LogP contribution in [-0.2, 0) is 14.3 Å². The summed E-state index contributed by atoms with van der Waals surface area (Å²) in [6.45, 7) is 4.80. The van der Waals surface area contributed by atoms with E-state index in [4.69, 9.17) is 9.47 Å². The number of nitrogens with zero attached hydrogens (tertiary/aromatic N) is 1. The van der Waals surface area contributed by atoms with Gasteiger partial charge < -0.3 is 19.5 Å².